The summed E-state index contributed by atoms with van der Waals surface area (Å²) in [6.07, 6.45) is 2.68. The van der Waals surface area contributed by atoms with Crippen molar-refractivity contribution >= 4 is 28.5 Å². The van der Waals surface area contributed by atoms with Gasteiger partial charge >= 0.3 is 0 Å². The lowest BCUT2D eigenvalue weighted by atomic mass is 9.81. The van der Waals surface area contributed by atoms with Crippen molar-refractivity contribution in [2.45, 2.75) is 32.1 Å². The lowest BCUT2D eigenvalue weighted by molar-refractivity contribution is -0.116. The molecule has 1 unspecified atom stereocenters. The molecule has 3 heterocycles. The minimum Gasteiger partial charge on any atom is -0.457 e. The Kier molecular flexibility index (Phi) is 5.98. The Hall–Kier alpha value is -3.78. The third-order valence-corrected chi connectivity index (χ3v) is 6.40. The Morgan fingerprint density at radius 1 is 1.20 bits per heavy atom. The summed E-state index contributed by atoms with van der Waals surface area (Å²) in [7, 11) is 1.92. The number of aryl methyl sites for hydroxylation is 1. The first kappa shape index (κ1) is 23.0. The Balaban J connectivity index is 1.39. The van der Waals surface area contributed by atoms with Gasteiger partial charge in [0.05, 0.1) is 23.3 Å². The first-order chi connectivity index (χ1) is 16.8. The fourth-order valence-electron chi connectivity index (χ4n) is 4.44. The molecule has 5 rings (SSSR count). The van der Waals surface area contributed by atoms with Crippen molar-refractivity contribution in [1.82, 2.24) is 14.5 Å². The summed E-state index contributed by atoms with van der Waals surface area (Å²) in [6.45, 7) is 4.72. The number of carbonyl (C=O) groups is 1. The Bertz CT molecular complexity index is 1410. The normalized spacial score (nSPS) is 17.6. The highest BCUT2D eigenvalue weighted by atomic mass is 19.1. The average Bonchev–Trinajstić information content (AvgIpc) is 3.39. The predicted molar refractivity (Wildman–Crippen MR) is 132 cm³/mol. The van der Waals surface area contributed by atoms with Gasteiger partial charge in [-0.05, 0) is 55.3 Å². The minimum atomic E-state index is -0.336. The number of anilines is 2. The van der Waals surface area contributed by atoms with Crippen LogP contribution < -0.4 is 10.1 Å². The van der Waals surface area contributed by atoms with E-state index in [4.69, 9.17) is 14.5 Å². The molecule has 1 N–H and O–H groups in total. The maximum Gasteiger partial charge on any atom is 0.208 e. The second-order valence-corrected chi connectivity index (χ2v) is 9.29. The number of hydrogen-bond acceptors (Lipinski definition) is 6. The molecule has 0 radical (unpaired) electrons. The fraction of sp³-hybridized carbons (Fsp3) is 0.296. The SMILES string of the molecule is CC(=O)Cc1cc(Oc2ccc3c(c2)nc(Nc2ccc(F)c(C4(C)CCOC4)c2)n3C)ccn1. The van der Waals surface area contributed by atoms with E-state index in [2.05, 4.69) is 10.3 Å². The molecule has 180 valence electrons. The van der Waals surface area contributed by atoms with Crippen LogP contribution in [-0.4, -0.2) is 33.5 Å². The molecule has 8 heteroatoms. The van der Waals surface area contributed by atoms with Gasteiger partial charge in [-0.1, -0.05) is 6.92 Å². The van der Waals surface area contributed by atoms with Crippen LogP contribution in [0.2, 0.25) is 0 Å². The number of carbonyl (C=O) groups excluding carboxylic acids is 1. The van der Waals surface area contributed by atoms with Crippen LogP contribution in [0.5, 0.6) is 11.5 Å². The number of nitrogens with one attached hydrogen (secondary N) is 1. The summed E-state index contributed by atoms with van der Waals surface area (Å²) in [5.41, 5.74) is 3.42. The topological polar surface area (TPSA) is 78.3 Å². The number of halogens is 1. The van der Waals surface area contributed by atoms with Crippen molar-refractivity contribution in [2.75, 3.05) is 18.5 Å². The van der Waals surface area contributed by atoms with Gasteiger partial charge in [-0.2, -0.15) is 0 Å². The molecular weight excluding hydrogens is 447 g/mol. The van der Waals surface area contributed by atoms with Crippen LogP contribution in [0.15, 0.2) is 54.7 Å². The molecule has 0 bridgehead atoms. The third-order valence-electron chi connectivity index (χ3n) is 6.40. The van der Waals surface area contributed by atoms with Crippen molar-refractivity contribution in [1.29, 1.82) is 0 Å². The van der Waals surface area contributed by atoms with E-state index in [-0.39, 0.29) is 23.4 Å². The monoisotopic (exact) mass is 474 g/mol. The first-order valence-electron chi connectivity index (χ1n) is 11.5. The number of ether oxygens (including phenoxy) is 2. The van der Waals surface area contributed by atoms with Crippen molar-refractivity contribution in [3.05, 3.63) is 71.8 Å². The Labute approximate surface area is 202 Å². The predicted octanol–water partition coefficient (Wildman–Crippen LogP) is 5.45. The number of rotatable bonds is 7. The average molecular weight is 475 g/mol. The quantitative estimate of drug-likeness (QED) is 0.384. The van der Waals surface area contributed by atoms with Crippen LogP contribution in [-0.2, 0) is 28.4 Å². The van der Waals surface area contributed by atoms with Crippen LogP contribution in [0.25, 0.3) is 11.0 Å². The molecule has 1 fully saturated rings. The van der Waals surface area contributed by atoms with Gasteiger partial charge in [0.2, 0.25) is 5.95 Å². The number of benzene rings is 2. The zero-order chi connectivity index (χ0) is 24.6. The molecule has 2 aromatic heterocycles. The summed E-state index contributed by atoms with van der Waals surface area (Å²) < 4.78 is 28.1. The molecule has 0 amide bonds. The number of fused-ring (bicyclic) bond motifs is 1. The fourth-order valence-corrected chi connectivity index (χ4v) is 4.44. The van der Waals surface area contributed by atoms with Gasteiger partial charge < -0.3 is 19.4 Å². The molecule has 0 saturated carbocycles. The summed E-state index contributed by atoms with van der Waals surface area (Å²) in [5, 5.41) is 3.33. The maximum absolute atomic E-state index is 14.6. The highest BCUT2D eigenvalue weighted by molar-refractivity contribution is 5.81. The molecule has 1 atom stereocenters. The van der Waals surface area contributed by atoms with Gasteiger partial charge in [0.15, 0.2) is 0 Å². The third kappa shape index (κ3) is 4.74. The number of imidazole rings is 1. The van der Waals surface area contributed by atoms with E-state index in [1.165, 1.54) is 13.0 Å². The number of pyridine rings is 1. The van der Waals surface area contributed by atoms with E-state index in [1.54, 1.807) is 24.4 Å². The number of hydrogen-bond donors (Lipinski definition) is 1. The number of nitrogens with zero attached hydrogens (tertiary/aromatic N) is 3. The summed E-state index contributed by atoms with van der Waals surface area (Å²) in [5.74, 6) is 1.69. The van der Waals surface area contributed by atoms with Gasteiger partial charge in [-0.15, -0.1) is 0 Å². The van der Waals surface area contributed by atoms with Gasteiger partial charge in [0, 0.05) is 49.5 Å². The first-order valence-corrected chi connectivity index (χ1v) is 11.5. The number of Topliss-reactive ketones (excluding diaryl/α,β-unsaturated/α-hetero) is 1. The smallest absolute Gasteiger partial charge is 0.208 e. The molecule has 0 aliphatic carbocycles. The van der Waals surface area contributed by atoms with E-state index in [9.17, 15) is 9.18 Å². The van der Waals surface area contributed by atoms with Gasteiger partial charge in [0.1, 0.15) is 23.1 Å². The second-order valence-electron chi connectivity index (χ2n) is 9.29. The molecular formula is C27H27FN4O3. The Morgan fingerprint density at radius 2 is 2.03 bits per heavy atom. The van der Waals surface area contributed by atoms with E-state index >= 15 is 0 Å². The van der Waals surface area contributed by atoms with Crippen molar-refractivity contribution in [3.8, 4) is 11.5 Å². The molecule has 1 saturated heterocycles. The van der Waals surface area contributed by atoms with Crippen LogP contribution in [0.1, 0.15) is 31.5 Å². The zero-order valence-electron chi connectivity index (χ0n) is 20.0. The highest BCUT2D eigenvalue weighted by Crippen LogP contribution is 2.36. The van der Waals surface area contributed by atoms with Gasteiger partial charge in [-0.25, -0.2) is 9.37 Å². The van der Waals surface area contributed by atoms with E-state index in [1.807, 2.05) is 42.8 Å². The largest absolute Gasteiger partial charge is 0.457 e. The van der Waals surface area contributed by atoms with Crippen molar-refractivity contribution in [2.24, 2.45) is 7.05 Å². The Morgan fingerprint density at radius 3 is 2.80 bits per heavy atom. The lowest BCUT2D eigenvalue weighted by Crippen LogP contribution is -2.23. The lowest BCUT2D eigenvalue weighted by Gasteiger charge is -2.23. The summed E-state index contributed by atoms with van der Waals surface area (Å²) >= 11 is 0. The maximum atomic E-state index is 14.6. The van der Waals surface area contributed by atoms with E-state index < -0.39 is 0 Å². The highest BCUT2D eigenvalue weighted by Gasteiger charge is 2.34. The number of ketones is 1. The van der Waals surface area contributed by atoms with Crippen molar-refractivity contribution in [3.63, 3.8) is 0 Å². The second kappa shape index (κ2) is 9.11. The zero-order valence-corrected chi connectivity index (χ0v) is 20.0. The minimum absolute atomic E-state index is 0.0449. The molecule has 7 nitrogen and oxygen atoms in total. The van der Waals surface area contributed by atoms with Gasteiger partial charge in [0.25, 0.3) is 0 Å². The standard InChI is InChI=1S/C27H27FN4O3/c1-17(33)12-19-13-21(8-10-29-19)35-20-5-7-25-24(15-20)31-26(32(25)3)30-18-4-6-23(28)22(14-18)27(2)9-11-34-16-27/h4-8,10,13-15H,9,11-12,16H2,1-3H3,(H,30,31). The summed E-state index contributed by atoms with van der Waals surface area (Å²) in [4.78, 5) is 20.3. The molecule has 0 spiro atoms. The molecule has 35 heavy (non-hydrogen) atoms. The van der Waals surface area contributed by atoms with Crippen LogP contribution >= 0.6 is 0 Å². The number of aromatic nitrogens is 3. The van der Waals surface area contributed by atoms with E-state index in [0.717, 1.165) is 23.1 Å². The summed E-state index contributed by atoms with van der Waals surface area (Å²) in [6, 6.07) is 14.2. The molecule has 2 aromatic carbocycles. The van der Waals surface area contributed by atoms with E-state index in [0.29, 0.717) is 41.9 Å². The van der Waals surface area contributed by atoms with Gasteiger partial charge in [-0.3, -0.25) is 9.78 Å². The van der Waals surface area contributed by atoms with Crippen LogP contribution in [0, 0.1) is 5.82 Å². The van der Waals surface area contributed by atoms with Crippen LogP contribution in [0.3, 0.4) is 0 Å². The molecule has 1 aliphatic rings. The van der Waals surface area contributed by atoms with Crippen molar-refractivity contribution < 1.29 is 18.7 Å². The molecule has 4 aromatic rings. The van der Waals surface area contributed by atoms with Crippen LogP contribution in [0.4, 0.5) is 16.0 Å². The molecule has 1 aliphatic heterocycles.